The predicted octanol–water partition coefficient (Wildman–Crippen LogP) is 7.03. The number of likely N-dealkylation sites (tertiary alicyclic amines) is 1. The third kappa shape index (κ3) is 6.84. The second-order valence-electron chi connectivity index (χ2n) is 9.35. The third-order valence-electron chi connectivity index (χ3n) is 6.98. The van der Waals surface area contributed by atoms with Crippen molar-refractivity contribution in [1.29, 1.82) is 0 Å². The van der Waals surface area contributed by atoms with Crippen LogP contribution < -0.4 is 0 Å². The lowest BCUT2D eigenvalue weighted by molar-refractivity contribution is -0.130. The van der Waals surface area contributed by atoms with Crippen molar-refractivity contribution in [2.75, 3.05) is 6.54 Å². The number of imidazole rings is 1. The molecular formula is C29H25ClI2N8O. The number of carbonyl (C=O) groups is 1. The van der Waals surface area contributed by atoms with Crippen molar-refractivity contribution in [3.63, 3.8) is 0 Å². The molecule has 3 aromatic heterocycles. The van der Waals surface area contributed by atoms with Crippen molar-refractivity contribution >= 4 is 60.8 Å². The molecular weight excluding hydrogens is 766 g/mol. The molecule has 2 unspecified atom stereocenters. The maximum absolute atomic E-state index is 13.8. The summed E-state index contributed by atoms with van der Waals surface area (Å²) in [6.07, 6.45) is 12.0. The Labute approximate surface area is 265 Å². The third-order valence-corrected chi connectivity index (χ3v) is 7.22. The molecule has 2 atom stereocenters. The zero-order chi connectivity index (χ0) is 28.6. The summed E-state index contributed by atoms with van der Waals surface area (Å²) in [5.41, 5.74) is 4.44. The number of aromatic nitrogens is 7. The van der Waals surface area contributed by atoms with E-state index in [0.717, 1.165) is 41.2 Å². The SMILES string of the molecule is II.O=C(/C=C/c1cc(Cl)ccc1-n1cnnn1)N1CCCC(c2ccccc2)C1c1ncc(-c2cccnc2)[nH]1. The number of aromatic amines is 1. The summed E-state index contributed by atoms with van der Waals surface area (Å²) >= 11 is 10.5. The monoisotopic (exact) mass is 790 g/mol. The first kappa shape index (κ1) is 29.3. The maximum atomic E-state index is 13.8. The summed E-state index contributed by atoms with van der Waals surface area (Å²) in [5, 5.41) is 12.0. The summed E-state index contributed by atoms with van der Waals surface area (Å²) < 4.78 is 1.54. The number of piperidine rings is 1. The molecule has 0 saturated carbocycles. The fraction of sp³-hybridized carbons (Fsp3) is 0.172. The lowest BCUT2D eigenvalue weighted by Crippen LogP contribution is -2.41. The number of rotatable bonds is 6. The molecule has 1 aliphatic heterocycles. The van der Waals surface area contributed by atoms with E-state index in [0.29, 0.717) is 11.6 Å². The second-order valence-corrected chi connectivity index (χ2v) is 9.79. The molecule has 41 heavy (non-hydrogen) atoms. The van der Waals surface area contributed by atoms with Gasteiger partial charge in [0.2, 0.25) is 5.91 Å². The Morgan fingerprint density at radius 3 is 2.68 bits per heavy atom. The Hall–Kier alpha value is -3.17. The van der Waals surface area contributed by atoms with Crippen LogP contribution in [0.3, 0.4) is 0 Å². The van der Waals surface area contributed by atoms with Crippen LogP contribution in [0.4, 0.5) is 0 Å². The van der Waals surface area contributed by atoms with Crippen LogP contribution in [-0.4, -0.2) is 52.5 Å². The van der Waals surface area contributed by atoms with Gasteiger partial charge in [-0.2, -0.15) is 4.68 Å². The van der Waals surface area contributed by atoms with Gasteiger partial charge in [-0.15, -0.1) is 5.10 Å². The molecule has 1 aliphatic rings. The number of hydrogen-bond donors (Lipinski definition) is 1. The van der Waals surface area contributed by atoms with E-state index in [4.69, 9.17) is 16.6 Å². The lowest BCUT2D eigenvalue weighted by atomic mass is 9.83. The number of tetrazole rings is 1. The molecule has 1 N–H and O–H groups in total. The number of benzene rings is 2. The summed E-state index contributed by atoms with van der Waals surface area (Å²) in [4.78, 5) is 28.2. The smallest absolute Gasteiger partial charge is 0.247 e. The molecule has 6 rings (SSSR count). The number of nitrogens with one attached hydrogen (secondary N) is 1. The van der Waals surface area contributed by atoms with Gasteiger partial charge in [-0.3, -0.25) is 9.78 Å². The molecule has 0 radical (unpaired) electrons. The number of halogens is 3. The number of nitrogens with zero attached hydrogens (tertiary/aromatic N) is 7. The van der Waals surface area contributed by atoms with Crippen molar-refractivity contribution in [1.82, 2.24) is 40.1 Å². The standard InChI is InChI=1S/C29H25ClN8O.I2/c30-23-11-12-26(38-19-33-35-36-38)21(16-23)10-13-27(39)37-15-5-9-24(20-6-2-1-3-7-20)28(37)29-32-18-25(34-29)22-8-4-14-31-17-22;1-2/h1-4,6-8,10-14,16-19,24,28H,5,9,15H2,(H,32,34);/b13-10+;. The van der Waals surface area contributed by atoms with Crippen LogP contribution >= 0.6 is 48.8 Å². The molecule has 2 aromatic carbocycles. The van der Waals surface area contributed by atoms with Gasteiger partial charge in [0, 0.05) is 84.3 Å². The van der Waals surface area contributed by atoms with E-state index in [1.54, 1.807) is 41.4 Å². The first-order valence-electron chi connectivity index (χ1n) is 12.8. The van der Waals surface area contributed by atoms with Crippen LogP contribution in [-0.2, 0) is 4.79 Å². The summed E-state index contributed by atoms with van der Waals surface area (Å²) in [6, 6.07) is 19.3. The zero-order valence-electron chi connectivity index (χ0n) is 21.7. The van der Waals surface area contributed by atoms with E-state index in [1.165, 1.54) is 11.9 Å². The fourth-order valence-corrected chi connectivity index (χ4v) is 5.36. The molecule has 208 valence electrons. The molecule has 0 spiro atoms. The first-order valence-corrected chi connectivity index (χ1v) is 19.5. The fourth-order valence-electron chi connectivity index (χ4n) is 5.18. The van der Waals surface area contributed by atoms with E-state index in [-0.39, 0.29) is 17.9 Å². The Bertz CT molecular complexity index is 1600. The van der Waals surface area contributed by atoms with Gasteiger partial charge in [0.15, 0.2) is 0 Å². The molecule has 1 amide bonds. The number of H-pyrrole nitrogens is 1. The largest absolute Gasteiger partial charge is 0.340 e. The van der Waals surface area contributed by atoms with E-state index in [9.17, 15) is 4.79 Å². The van der Waals surface area contributed by atoms with Crippen LogP contribution in [0, 0.1) is 0 Å². The minimum atomic E-state index is -0.262. The van der Waals surface area contributed by atoms with Crippen molar-refractivity contribution < 1.29 is 4.79 Å². The maximum Gasteiger partial charge on any atom is 0.247 e. The van der Waals surface area contributed by atoms with Gasteiger partial charge in [-0.05, 0) is 65.2 Å². The predicted molar refractivity (Wildman–Crippen MR) is 176 cm³/mol. The minimum absolute atomic E-state index is 0.0909. The Kier molecular flexibility index (Phi) is 10.1. The van der Waals surface area contributed by atoms with Gasteiger partial charge >= 0.3 is 0 Å². The molecule has 1 fully saturated rings. The zero-order valence-corrected chi connectivity index (χ0v) is 26.8. The Morgan fingerprint density at radius 1 is 1.07 bits per heavy atom. The topological polar surface area (TPSA) is 105 Å². The average molecular weight is 791 g/mol. The van der Waals surface area contributed by atoms with E-state index in [2.05, 4.69) is 74.9 Å². The highest BCUT2D eigenvalue weighted by molar-refractivity contribution is 15.0. The number of carbonyl (C=O) groups excluding carboxylic acids is 1. The van der Waals surface area contributed by atoms with Gasteiger partial charge in [0.05, 0.1) is 23.6 Å². The summed E-state index contributed by atoms with van der Waals surface area (Å²) in [6.45, 7) is 0.621. The van der Waals surface area contributed by atoms with E-state index < -0.39 is 0 Å². The molecule has 0 bridgehead atoms. The Morgan fingerprint density at radius 2 is 1.93 bits per heavy atom. The van der Waals surface area contributed by atoms with Crippen LogP contribution in [0.1, 0.15) is 41.8 Å². The van der Waals surface area contributed by atoms with Crippen molar-refractivity contribution in [3.8, 4) is 16.9 Å². The van der Waals surface area contributed by atoms with Gasteiger partial charge in [0.1, 0.15) is 12.2 Å². The van der Waals surface area contributed by atoms with E-state index >= 15 is 0 Å². The highest BCUT2D eigenvalue weighted by atomic mass is 128. The molecule has 1 saturated heterocycles. The van der Waals surface area contributed by atoms with Gasteiger partial charge in [0.25, 0.3) is 0 Å². The van der Waals surface area contributed by atoms with Gasteiger partial charge in [-0.1, -0.05) is 41.9 Å². The van der Waals surface area contributed by atoms with Crippen molar-refractivity contribution in [2.45, 2.75) is 24.8 Å². The number of hydrogen-bond acceptors (Lipinski definition) is 6. The molecule has 9 nitrogen and oxygen atoms in total. The molecule has 4 heterocycles. The number of pyridine rings is 1. The number of amides is 1. The van der Waals surface area contributed by atoms with E-state index in [1.807, 2.05) is 47.5 Å². The van der Waals surface area contributed by atoms with Crippen LogP contribution in [0.15, 0.2) is 91.7 Å². The van der Waals surface area contributed by atoms with Gasteiger partial charge < -0.3 is 9.88 Å². The normalized spacial score (nSPS) is 16.8. The van der Waals surface area contributed by atoms with Gasteiger partial charge in [-0.25, -0.2) is 4.98 Å². The van der Waals surface area contributed by atoms with Crippen LogP contribution in [0.5, 0.6) is 0 Å². The van der Waals surface area contributed by atoms with Crippen LogP contribution in [0.25, 0.3) is 23.0 Å². The lowest BCUT2D eigenvalue weighted by Gasteiger charge is -2.40. The van der Waals surface area contributed by atoms with Crippen LogP contribution in [0.2, 0.25) is 5.02 Å². The molecule has 12 heteroatoms. The second kappa shape index (κ2) is 14.1. The quantitative estimate of drug-likeness (QED) is 0.146. The highest BCUT2D eigenvalue weighted by Crippen LogP contribution is 2.42. The van der Waals surface area contributed by atoms with Crippen molar-refractivity contribution in [2.24, 2.45) is 0 Å². The molecule has 5 aromatic rings. The summed E-state index contributed by atoms with van der Waals surface area (Å²) in [7, 11) is 0. The average Bonchev–Trinajstić information content (AvgIpc) is 3.75. The van der Waals surface area contributed by atoms with Crippen molar-refractivity contribution in [3.05, 3.63) is 114 Å². The summed E-state index contributed by atoms with van der Waals surface area (Å²) in [5.74, 6) is 0.733. The molecule has 0 aliphatic carbocycles. The Balaban J connectivity index is 0.00000165. The first-order chi connectivity index (χ1) is 20.2. The minimum Gasteiger partial charge on any atom is -0.340 e. The highest BCUT2D eigenvalue weighted by Gasteiger charge is 2.37.